The average molecular weight is 171 g/mol. The zero-order valence-corrected chi connectivity index (χ0v) is 8.07. The number of rotatable bonds is 4. The first-order valence-electron chi connectivity index (χ1n) is 4.25. The van der Waals surface area contributed by atoms with E-state index >= 15 is 0 Å². The van der Waals surface area contributed by atoms with Gasteiger partial charge in [0.15, 0.2) is 0 Å². The van der Waals surface area contributed by atoms with E-state index in [-0.39, 0.29) is 0 Å². The van der Waals surface area contributed by atoms with Crippen molar-refractivity contribution in [3.8, 4) is 0 Å². The monoisotopic (exact) mass is 171 g/mol. The Hall–Kier alpha value is -0.110. The molecule has 0 radical (unpaired) electrons. The lowest BCUT2D eigenvalue weighted by atomic mass is 10.2. The van der Waals surface area contributed by atoms with E-state index in [0.717, 1.165) is 11.9 Å². The van der Waals surface area contributed by atoms with Crippen LogP contribution in [-0.2, 0) is 0 Å². The third-order valence-electron chi connectivity index (χ3n) is 2.31. The van der Waals surface area contributed by atoms with Gasteiger partial charge in [-0.15, -0.1) is 11.8 Å². The predicted molar refractivity (Wildman–Crippen MR) is 52.7 cm³/mol. The molecule has 1 fully saturated rings. The van der Waals surface area contributed by atoms with Crippen LogP contribution in [0.2, 0.25) is 0 Å². The molecule has 64 valence electrons. The van der Waals surface area contributed by atoms with E-state index in [4.69, 9.17) is 0 Å². The molecule has 0 saturated heterocycles. The molecule has 0 atom stereocenters. The normalized spacial score (nSPS) is 18.6. The highest BCUT2D eigenvalue weighted by Crippen LogP contribution is 2.24. The summed E-state index contributed by atoms with van der Waals surface area (Å²) in [7, 11) is 0. The van der Waals surface area contributed by atoms with Gasteiger partial charge >= 0.3 is 0 Å². The first kappa shape index (κ1) is 8.98. The van der Waals surface area contributed by atoms with Crippen molar-refractivity contribution in [3.63, 3.8) is 0 Å². The summed E-state index contributed by atoms with van der Waals surface area (Å²) in [5.41, 5.74) is 0. The Morgan fingerprint density at radius 2 is 2.18 bits per heavy atom. The molecular weight excluding hydrogens is 154 g/mol. The minimum atomic E-state index is 0.792. The van der Waals surface area contributed by atoms with Crippen LogP contribution in [0.4, 0.5) is 0 Å². The van der Waals surface area contributed by atoms with Crippen LogP contribution in [0.3, 0.4) is 0 Å². The first-order chi connectivity index (χ1) is 5.38. The van der Waals surface area contributed by atoms with E-state index in [1.54, 1.807) is 0 Å². The molecule has 0 aromatic carbocycles. The number of thioether (sulfide) groups is 1. The fourth-order valence-corrected chi connectivity index (χ4v) is 2.31. The molecule has 11 heavy (non-hydrogen) atoms. The van der Waals surface area contributed by atoms with Crippen molar-refractivity contribution in [3.05, 3.63) is 12.8 Å². The fraction of sp³-hybridized carbons (Fsp3) is 0.778. The molecule has 2 heteroatoms. The van der Waals surface area contributed by atoms with Gasteiger partial charge in [-0.25, -0.2) is 0 Å². The van der Waals surface area contributed by atoms with Gasteiger partial charge in [-0.1, -0.05) is 19.4 Å². The van der Waals surface area contributed by atoms with E-state index < -0.39 is 0 Å². The maximum Gasteiger partial charge on any atom is 0.0634 e. The van der Waals surface area contributed by atoms with Crippen LogP contribution in [0.25, 0.3) is 0 Å². The molecule has 1 rings (SSSR count). The Balaban J connectivity index is 2.33. The highest BCUT2D eigenvalue weighted by atomic mass is 32.2. The molecule has 1 aliphatic rings. The molecule has 1 nitrogen and oxygen atoms in total. The molecule has 0 heterocycles. The minimum absolute atomic E-state index is 0.792. The van der Waals surface area contributed by atoms with Crippen molar-refractivity contribution < 1.29 is 0 Å². The summed E-state index contributed by atoms with van der Waals surface area (Å²) in [6, 6.07) is 0.792. The average Bonchev–Trinajstić information content (AvgIpc) is 2.52. The Labute approximate surface area is 73.8 Å². The molecule has 0 aromatic rings. The molecular formula is C9H17NS. The SMILES string of the molecule is C=CN(CSC)C1CCCC1. The van der Waals surface area contributed by atoms with Gasteiger partial charge in [-0.3, -0.25) is 0 Å². The molecule has 0 bridgehead atoms. The van der Waals surface area contributed by atoms with E-state index in [9.17, 15) is 0 Å². The minimum Gasteiger partial charge on any atom is -0.366 e. The van der Waals surface area contributed by atoms with Crippen LogP contribution >= 0.6 is 11.8 Å². The van der Waals surface area contributed by atoms with Crippen LogP contribution in [-0.4, -0.2) is 23.1 Å². The zero-order valence-electron chi connectivity index (χ0n) is 7.25. The Bertz CT molecular complexity index is 119. The summed E-state index contributed by atoms with van der Waals surface area (Å²) in [6.45, 7) is 3.84. The highest BCUT2D eigenvalue weighted by molar-refractivity contribution is 7.98. The maximum absolute atomic E-state index is 3.84. The molecule has 0 aliphatic heterocycles. The molecule has 1 saturated carbocycles. The van der Waals surface area contributed by atoms with Crippen molar-refractivity contribution >= 4 is 11.8 Å². The van der Waals surface area contributed by atoms with E-state index in [0.29, 0.717) is 0 Å². The van der Waals surface area contributed by atoms with Gasteiger partial charge in [-0.05, 0) is 25.3 Å². The van der Waals surface area contributed by atoms with E-state index in [2.05, 4.69) is 17.7 Å². The van der Waals surface area contributed by atoms with Gasteiger partial charge in [0.05, 0.1) is 5.88 Å². The Kier molecular flexibility index (Phi) is 3.84. The maximum atomic E-state index is 3.84. The molecule has 0 aromatic heterocycles. The van der Waals surface area contributed by atoms with Gasteiger partial charge in [0.25, 0.3) is 0 Å². The third-order valence-corrected chi connectivity index (χ3v) is 2.86. The lowest BCUT2D eigenvalue weighted by Crippen LogP contribution is -2.27. The second kappa shape index (κ2) is 4.70. The Morgan fingerprint density at radius 3 is 2.64 bits per heavy atom. The van der Waals surface area contributed by atoms with Crippen molar-refractivity contribution in [2.24, 2.45) is 0 Å². The second-order valence-corrected chi connectivity index (χ2v) is 3.89. The van der Waals surface area contributed by atoms with Crippen LogP contribution in [0.15, 0.2) is 12.8 Å². The van der Waals surface area contributed by atoms with E-state index in [1.807, 2.05) is 18.0 Å². The highest BCUT2D eigenvalue weighted by Gasteiger charge is 2.18. The Morgan fingerprint density at radius 1 is 1.55 bits per heavy atom. The summed E-state index contributed by atoms with van der Waals surface area (Å²) in [6.07, 6.45) is 9.68. The summed E-state index contributed by atoms with van der Waals surface area (Å²) in [5.74, 6) is 1.11. The van der Waals surface area contributed by atoms with Crippen LogP contribution < -0.4 is 0 Å². The van der Waals surface area contributed by atoms with Gasteiger partial charge < -0.3 is 4.90 Å². The van der Waals surface area contributed by atoms with Crippen LogP contribution in [0, 0.1) is 0 Å². The topological polar surface area (TPSA) is 3.24 Å². The lowest BCUT2D eigenvalue weighted by molar-refractivity contribution is 0.324. The van der Waals surface area contributed by atoms with Gasteiger partial charge in [-0.2, -0.15) is 0 Å². The number of nitrogens with zero attached hydrogens (tertiary/aromatic N) is 1. The summed E-state index contributed by atoms with van der Waals surface area (Å²) in [5, 5.41) is 0. The molecule has 1 aliphatic carbocycles. The van der Waals surface area contributed by atoms with Crippen molar-refractivity contribution in [2.45, 2.75) is 31.7 Å². The molecule has 0 amide bonds. The zero-order chi connectivity index (χ0) is 8.10. The third kappa shape index (κ3) is 2.44. The van der Waals surface area contributed by atoms with E-state index in [1.165, 1.54) is 25.7 Å². The number of hydrogen-bond donors (Lipinski definition) is 0. The van der Waals surface area contributed by atoms with Gasteiger partial charge in [0.2, 0.25) is 0 Å². The van der Waals surface area contributed by atoms with Crippen molar-refractivity contribution in [1.29, 1.82) is 0 Å². The lowest BCUT2D eigenvalue weighted by Gasteiger charge is -2.25. The molecule has 0 unspecified atom stereocenters. The van der Waals surface area contributed by atoms with Crippen LogP contribution in [0.5, 0.6) is 0 Å². The largest absolute Gasteiger partial charge is 0.366 e. The number of hydrogen-bond acceptors (Lipinski definition) is 2. The predicted octanol–water partition coefficient (Wildman–Crippen LogP) is 2.70. The standard InChI is InChI=1S/C9H17NS/c1-3-10(8-11-2)9-6-4-5-7-9/h3,9H,1,4-8H2,2H3. The fourth-order valence-electron chi connectivity index (χ4n) is 1.69. The van der Waals surface area contributed by atoms with Crippen molar-refractivity contribution in [2.75, 3.05) is 12.1 Å². The summed E-state index contributed by atoms with van der Waals surface area (Å²) in [4.78, 5) is 2.37. The molecule has 0 spiro atoms. The summed E-state index contributed by atoms with van der Waals surface area (Å²) < 4.78 is 0. The smallest absolute Gasteiger partial charge is 0.0634 e. The second-order valence-electron chi connectivity index (χ2n) is 3.05. The first-order valence-corrected chi connectivity index (χ1v) is 5.65. The molecule has 0 N–H and O–H groups in total. The quantitative estimate of drug-likeness (QED) is 0.598. The van der Waals surface area contributed by atoms with Crippen LogP contribution in [0.1, 0.15) is 25.7 Å². The summed E-state index contributed by atoms with van der Waals surface area (Å²) >= 11 is 1.88. The van der Waals surface area contributed by atoms with Gasteiger partial charge in [0.1, 0.15) is 0 Å². The van der Waals surface area contributed by atoms with Gasteiger partial charge in [0, 0.05) is 6.04 Å². The van der Waals surface area contributed by atoms with Crippen molar-refractivity contribution in [1.82, 2.24) is 4.90 Å².